The Hall–Kier alpha value is -2.20. The summed E-state index contributed by atoms with van der Waals surface area (Å²) in [6, 6.07) is 13.0. The summed E-state index contributed by atoms with van der Waals surface area (Å²) >= 11 is 0. The van der Waals surface area contributed by atoms with Crippen LogP contribution >= 0.6 is 0 Å². The van der Waals surface area contributed by atoms with Crippen molar-refractivity contribution in [3.8, 4) is 11.1 Å². The Kier molecular flexibility index (Phi) is 3.19. The molecule has 2 aromatic rings. The molecule has 0 N–H and O–H groups in total. The van der Waals surface area contributed by atoms with Gasteiger partial charge in [-0.1, -0.05) is 30.3 Å². The van der Waals surface area contributed by atoms with E-state index in [1.54, 1.807) is 6.92 Å². The quantitative estimate of drug-likeness (QED) is 0.809. The standard InChI is InChI=1S/C18H19N3O/c1-13(22)20-9-11-21(12-10-20)18-16-6-3-2-5-14(16)15-7-4-8-19-17(15)18/h2-8,18H,9-12H2,1H3. The number of hydrogen-bond donors (Lipinski definition) is 0. The number of amides is 1. The minimum absolute atomic E-state index is 0.171. The van der Waals surface area contributed by atoms with E-state index in [9.17, 15) is 4.79 Å². The average molecular weight is 293 g/mol. The highest BCUT2D eigenvalue weighted by atomic mass is 16.2. The summed E-state index contributed by atoms with van der Waals surface area (Å²) in [4.78, 5) is 20.6. The van der Waals surface area contributed by atoms with Gasteiger partial charge in [0.25, 0.3) is 0 Å². The lowest BCUT2D eigenvalue weighted by atomic mass is 10.0. The molecule has 4 heteroatoms. The topological polar surface area (TPSA) is 36.4 Å². The highest BCUT2D eigenvalue weighted by Crippen LogP contribution is 2.45. The molecular weight excluding hydrogens is 274 g/mol. The lowest BCUT2D eigenvalue weighted by Gasteiger charge is -2.38. The van der Waals surface area contributed by atoms with Crippen LogP contribution in [0.25, 0.3) is 11.1 Å². The molecule has 112 valence electrons. The molecule has 1 atom stereocenters. The molecule has 0 spiro atoms. The van der Waals surface area contributed by atoms with Crippen molar-refractivity contribution in [1.82, 2.24) is 14.8 Å². The van der Waals surface area contributed by atoms with Gasteiger partial charge in [-0.25, -0.2) is 0 Å². The predicted octanol–water partition coefficient (Wildman–Crippen LogP) is 2.32. The molecule has 1 fully saturated rings. The Bertz CT molecular complexity index is 674. The summed E-state index contributed by atoms with van der Waals surface area (Å²) < 4.78 is 0. The molecule has 2 heterocycles. The molecule has 1 saturated heterocycles. The highest BCUT2D eigenvalue weighted by Gasteiger charge is 2.35. The lowest BCUT2D eigenvalue weighted by molar-refractivity contribution is -0.130. The number of fused-ring (bicyclic) bond motifs is 3. The first-order valence-electron chi connectivity index (χ1n) is 7.79. The van der Waals surface area contributed by atoms with Crippen LogP contribution in [0.3, 0.4) is 0 Å². The van der Waals surface area contributed by atoms with Crippen molar-refractivity contribution in [2.75, 3.05) is 26.2 Å². The monoisotopic (exact) mass is 293 g/mol. The maximum Gasteiger partial charge on any atom is 0.219 e. The number of nitrogens with zero attached hydrogens (tertiary/aromatic N) is 3. The van der Waals surface area contributed by atoms with E-state index < -0.39 is 0 Å². The highest BCUT2D eigenvalue weighted by molar-refractivity contribution is 5.77. The predicted molar refractivity (Wildman–Crippen MR) is 85.3 cm³/mol. The van der Waals surface area contributed by atoms with Crippen LogP contribution in [0.15, 0.2) is 42.6 Å². The zero-order valence-corrected chi connectivity index (χ0v) is 12.7. The van der Waals surface area contributed by atoms with Crippen LogP contribution in [0.5, 0.6) is 0 Å². The minimum atomic E-state index is 0.171. The number of hydrogen-bond acceptors (Lipinski definition) is 3. The summed E-state index contributed by atoms with van der Waals surface area (Å²) in [7, 11) is 0. The molecule has 1 aliphatic heterocycles. The van der Waals surface area contributed by atoms with Crippen molar-refractivity contribution < 1.29 is 4.79 Å². The van der Waals surface area contributed by atoms with Crippen molar-refractivity contribution in [3.05, 3.63) is 53.9 Å². The van der Waals surface area contributed by atoms with E-state index in [2.05, 4.69) is 40.2 Å². The molecule has 1 amide bonds. The fourth-order valence-electron chi connectivity index (χ4n) is 3.66. The average Bonchev–Trinajstić information content (AvgIpc) is 2.89. The van der Waals surface area contributed by atoms with E-state index in [0.717, 1.165) is 31.9 Å². The van der Waals surface area contributed by atoms with Gasteiger partial charge in [0.15, 0.2) is 0 Å². The second kappa shape index (κ2) is 5.21. The Morgan fingerprint density at radius 2 is 1.77 bits per heavy atom. The number of piperazine rings is 1. The van der Waals surface area contributed by atoms with Gasteiger partial charge in [0.1, 0.15) is 0 Å². The number of aromatic nitrogens is 1. The first kappa shape index (κ1) is 13.5. The fourth-order valence-corrected chi connectivity index (χ4v) is 3.66. The SMILES string of the molecule is CC(=O)N1CCN(C2c3ccccc3-c3cccnc32)CC1. The Morgan fingerprint density at radius 3 is 2.55 bits per heavy atom. The molecule has 0 saturated carbocycles. The van der Waals surface area contributed by atoms with E-state index in [-0.39, 0.29) is 11.9 Å². The normalized spacial score (nSPS) is 20.6. The van der Waals surface area contributed by atoms with E-state index >= 15 is 0 Å². The summed E-state index contributed by atoms with van der Waals surface area (Å²) in [5.74, 6) is 0.171. The van der Waals surface area contributed by atoms with E-state index in [0.29, 0.717) is 0 Å². The molecule has 0 radical (unpaired) electrons. The number of carbonyl (C=O) groups is 1. The summed E-state index contributed by atoms with van der Waals surface area (Å²) in [6.45, 7) is 5.05. The van der Waals surface area contributed by atoms with Gasteiger partial charge < -0.3 is 4.90 Å². The first-order valence-corrected chi connectivity index (χ1v) is 7.79. The van der Waals surface area contributed by atoms with E-state index in [1.807, 2.05) is 17.2 Å². The molecular formula is C18H19N3O. The third-order valence-electron chi connectivity index (χ3n) is 4.77. The summed E-state index contributed by atoms with van der Waals surface area (Å²) in [5, 5.41) is 0. The van der Waals surface area contributed by atoms with Crippen LogP contribution in [0.4, 0.5) is 0 Å². The maximum atomic E-state index is 11.5. The molecule has 1 aliphatic carbocycles. The zero-order valence-electron chi connectivity index (χ0n) is 12.7. The molecule has 2 aliphatic rings. The van der Waals surface area contributed by atoms with E-state index in [1.165, 1.54) is 16.7 Å². The van der Waals surface area contributed by atoms with Crippen LogP contribution in [-0.4, -0.2) is 46.9 Å². The van der Waals surface area contributed by atoms with Crippen molar-refractivity contribution in [3.63, 3.8) is 0 Å². The van der Waals surface area contributed by atoms with Gasteiger partial charge in [-0.2, -0.15) is 0 Å². The van der Waals surface area contributed by atoms with Crippen LogP contribution in [0.1, 0.15) is 24.2 Å². The molecule has 4 rings (SSSR count). The third-order valence-corrected chi connectivity index (χ3v) is 4.77. The number of rotatable bonds is 1. The number of pyridine rings is 1. The molecule has 0 bridgehead atoms. The number of benzene rings is 1. The van der Waals surface area contributed by atoms with Gasteiger partial charge in [-0.15, -0.1) is 0 Å². The van der Waals surface area contributed by atoms with Crippen LogP contribution in [-0.2, 0) is 4.79 Å². The Labute approximate surface area is 130 Å². The van der Waals surface area contributed by atoms with E-state index in [4.69, 9.17) is 0 Å². The van der Waals surface area contributed by atoms with Gasteiger partial charge in [0.2, 0.25) is 5.91 Å². The molecule has 1 unspecified atom stereocenters. The Morgan fingerprint density at radius 1 is 1.05 bits per heavy atom. The zero-order chi connectivity index (χ0) is 15.1. The maximum absolute atomic E-state index is 11.5. The molecule has 22 heavy (non-hydrogen) atoms. The van der Waals surface area contributed by atoms with Gasteiger partial charge in [-0.05, 0) is 17.2 Å². The van der Waals surface area contributed by atoms with Crippen LogP contribution in [0.2, 0.25) is 0 Å². The van der Waals surface area contributed by atoms with Gasteiger partial charge in [0, 0.05) is 44.9 Å². The van der Waals surface area contributed by atoms with Crippen LogP contribution in [0, 0.1) is 0 Å². The van der Waals surface area contributed by atoms with Crippen molar-refractivity contribution in [1.29, 1.82) is 0 Å². The fraction of sp³-hybridized carbons (Fsp3) is 0.333. The van der Waals surface area contributed by atoms with Crippen LogP contribution < -0.4 is 0 Å². The second-order valence-corrected chi connectivity index (χ2v) is 5.97. The summed E-state index contributed by atoms with van der Waals surface area (Å²) in [5.41, 5.74) is 5.04. The molecule has 4 nitrogen and oxygen atoms in total. The lowest BCUT2D eigenvalue weighted by Crippen LogP contribution is -2.49. The Balaban J connectivity index is 1.69. The van der Waals surface area contributed by atoms with Gasteiger partial charge in [-0.3, -0.25) is 14.7 Å². The molecule has 1 aromatic carbocycles. The molecule has 1 aromatic heterocycles. The minimum Gasteiger partial charge on any atom is -0.340 e. The smallest absolute Gasteiger partial charge is 0.219 e. The van der Waals surface area contributed by atoms with Crippen molar-refractivity contribution in [2.45, 2.75) is 13.0 Å². The van der Waals surface area contributed by atoms with Gasteiger partial charge >= 0.3 is 0 Å². The van der Waals surface area contributed by atoms with Crippen molar-refractivity contribution >= 4 is 5.91 Å². The second-order valence-electron chi connectivity index (χ2n) is 5.97. The summed E-state index contributed by atoms with van der Waals surface area (Å²) in [6.07, 6.45) is 1.88. The number of carbonyl (C=O) groups excluding carboxylic acids is 1. The van der Waals surface area contributed by atoms with Gasteiger partial charge in [0.05, 0.1) is 11.7 Å². The first-order chi connectivity index (χ1) is 10.8. The largest absolute Gasteiger partial charge is 0.340 e. The van der Waals surface area contributed by atoms with Crippen molar-refractivity contribution in [2.24, 2.45) is 0 Å². The third kappa shape index (κ3) is 2.03.